The molecule has 0 unspecified atom stereocenters. The molecule has 2 aromatic carbocycles. The number of nitrogens with zero attached hydrogens (tertiary/aromatic N) is 3. The number of rotatable bonds is 6. The standard InChI is InChI=1S/C26H29N3O8/c1-26(2,3)37-25(30)27-13-11-19(12-14-27)35-20-9-10-21-22(15-20)28(31)16-23(34-4)24(21)36-18-7-5-17(6-8-18)29(32)33/h5-10,15-16,19H,11-14H2,1-4H3. The number of benzene rings is 2. The summed E-state index contributed by atoms with van der Waals surface area (Å²) in [5, 5.41) is 24.2. The number of pyridine rings is 1. The van der Waals surface area contributed by atoms with Gasteiger partial charge in [0.1, 0.15) is 23.2 Å². The van der Waals surface area contributed by atoms with Crippen LogP contribution in [0, 0.1) is 15.3 Å². The highest BCUT2D eigenvalue weighted by molar-refractivity contribution is 5.86. The maximum absolute atomic E-state index is 12.8. The Labute approximate surface area is 213 Å². The molecule has 1 amide bonds. The quantitative estimate of drug-likeness (QED) is 0.197. The number of aromatic nitrogens is 1. The summed E-state index contributed by atoms with van der Waals surface area (Å²) in [6, 6.07) is 10.7. The maximum Gasteiger partial charge on any atom is 0.410 e. The second kappa shape index (κ2) is 10.4. The highest BCUT2D eigenvalue weighted by atomic mass is 16.6. The molecule has 4 rings (SSSR count). The fourth-order valence-electron chi connectivity index (χ4n) is 4.01. The lowest BCUT2D eigenvalue weighted by Crippen LogP contribution is -2.44. The van der Waals surface area contributed by atoms with Gasteiger partial charge in [-0.3, -0.25) is 10.1 Å². The molecule has 1 saturated heterocycles. The van der Waals surface area contributed by atoms with E-state index in [-0.39, 0.29) is 23.6 Å². The summed E-state index contributed by atoms with van der Waals surface area (Å²) in [6.07, 6.45) is 2.06. The van der Waals surface area contributed by atoms with E-state index in [9.17, 15) is 20.1 Å². The summed E-state index contributed by atoms with van der Waals surface area (Å²) in [7, 11) is 1.42. The third-order valence-corrected chi connectivity index (χ3v) is 5.79. The minimum Gasteiger partial charge on any atom is -0.618 e. The molecule has 1 aliphatic rings. The van der Waals surface area contributed by atoms with E-state index in [1.165, 1.54) is 37.6 Å². The van der Waals surface area contributed by atoms with Gasteiger partial charge in [-0.2, -0.15) is 4.73 Å². The van der Waals surface area contributed by atoms with Crippen LogP contribution in [0.5, 0.6) is 23.0 Å². The number of carbonyl (C=O) groups is 1. The molecule has 3 aromatic rings. The van der Waals surface area contributed by atoms with Crippen LogP contribution in [0.2, 0.25) is 0 Å². The molecule has 0 radical (unpaired) electrons. The Kier molecular flexibility index (Phi) is 7.23. The number of nitro groups is 1. The van der Waals surface area contributed by atoms with E-state index in [1.54, 1.807) is 23.1 Å². The van der Waals surface area contributed by atoms with Crippen LogP contribution in [0.4, 0.5) is 10.5 Å². The molecule has 11 nitrogen and oxygen atoms in total. The molecule has 1 fully saturated rings. The van der Waals surface area contributed by atoms with Crippen molar-refractivity contribution in [3.63, 3.8) is 0 Å². The van der Waals surface area contributed by atoms with Gasteiger partial charge in [0.05, 0.1) is 23.5 Å². The number of hydrogen-bond acceptors (Lipinski definition) is 8. The molecular formula is C26H29N3O8. The molecule has 37 heavy (non-hydrogen) atoms. The monoisotopic (exact) mass is 511 g/mol. The molecule has 1 aromatic heterocycles. The lowest BCUT2D eigenvalue weighted by atomic mass is 10.1. The fraction of sp³-hybridized carbons (Fsp3) is 0.385. The van der Waals surface area contributed by atoms with Crippen molar-refractivity contribution in [3.05, 3.63) is 64.0 Å². The number of hydrogen-bond donors (Lipinski definition) is 0. The van der Waals surface area contributed by atoms with Crippen LogP contribution in [-0.2, 0) is 4.74 Å². The Hall–Kier alpha value is -4.28. The van der Waals surface area contributed by atoms with Crippen molar-refractivity contribution in [1.29, 1.82) is 0 Å². The summed E-state index contributed by atoms with van der Waals surface area (Å²) in [6.45, 7) is 6.53. The van der Waals surface area contributed by atoms with Crippen LogP contribution >= 0.6 is 0 Å². The van der Waals surface area contributed by atoms with Gasteiger partial charge in [0.25, 0.3) is 5.69 Å². The maximum atomic E-state index is 12.8. The van der Waals surface area contributed by atoms with Crippen molar-refractivity contribution in [2.45, 2.75) is 45.3 Å². The van der Waals surface area contributed by atoms with Crippen molar-refractivity contribution < 1.29 is 33.4 Å². The number of likely N-dealkylation sites (tertiary alicyclic amines) is 1. The first-order valence-electron chi connectivity index (χ1n) is 11.8. The first-order chi connectivity index (χ1) is 17.5. The molecule has 0 N–H and O–H groups in total. The van der Waals surface area contributed by atoms with Gasteiger partial charge in [-0.25, -0.2) is 4.79 Å². The molecule has 0 saturated carbocycles. The Balaban J connectivity index is 1.51. The van der Waals surface area contributed by atoms with E-state index >= 15 is 0 Å². The Bertz CT molecular complexity index is 1300. The zero-order valence-corrected chi connectivity index (χ0v) is 21.1. The summed E-state index contributed by atoms with van der Waals surface area (Å²) in [5.74, 6) is 1.38. The van der Waals surface area contributed by atoms with Gasteiger partial charge in [0, 0.05) is 38.1 Å². The first-order valence-corrected chi connectivity index (χ1v) is 11.8. The number of non-ortho nitro benzene ring substituents is 1. The van der Waals surface area contributed by atoms with Gasteiger partial charge in [-0.05, 0) is 45.0 Å². The zero-order chi connectivity index (χ0) is 26.7. The third-order valence-electron chi connectivity index (χ3n) is 5.79. The molecule has 0 aliphatic carbocycles. The molecule has 196 valence electrons. The predicted molar refractivity (Wildman–Crippen MR) is 134 cm³/mol. The second-order valence-corrected chi connectivity index (χ2v) is 9.67. The van der Waals surface area contributed by atoms with Crippen LogP contribution in [-0.4, -0.2) is 47.8 Å². The summed E-state index contributed by atoms with van der Waals surface area (Å²) >= 11 is 0. The van der Waals surface area contributed by atoms with E-state index < -0.39 is 10.5 Å². The van der Waals surface area contributed by atoms with Gasteiger partial charge >= 0.3 is 6.09 Å². The van der Waals surface area contributed by atoms with E-state index in [2.05, 4.69) is 0 Å². The molecule has 2 heterocycles. The van der Waals surface area contributed by atoms with Crippen LogP contribution < -0.4 is 18.9 Å². The SMILES string of the molecule is COc1c[n+]([O-])c2cc(OC3CCN(C(=O)OC(C)(C)C)CC3)ccc2c1Oc1ccc([N+](=O)[O-])cc1. The van der Waals surface area contributed by atoms with E-state index in [4.69, 9.17) is 18.9 Å². The highest BCUT2D eigenvalue weighted by Gasteiger charge is 2.28. The number of carbonyl (C=O) groups excluding carboxylic acids is 1. The summed E-state index contributed by atoms with van der Waals surface area (Å²) in [5.41, 5.74) is -0.304. The topological polar surface area (TPSA) is 127 Å². The van der Waals surface area contributed by atoms with Crippen molar-refractivity contribution in [2.24, 2.45) is 0 Å². The van der Waals surface area contributed by atoms with E-state index in [0.29, 0.717) is 58.8 Å². The molecule has 0 spiro atoms. The zero-order valence-electron chi connectivity index (χ0n) is 21.1. The third kappa shape index (κ3) is 6.11. The fourth-order valence-corrected chi connectivity index (χ4v) is 4.01. The number of amides is 1. The number of ether oxygens (including phenoxy) is 4. The largest absolute Gasteiger partial charge is 0.618 e. The smallest absolute Gasteiger partial charge is 0.410 e. The molecule has 0 atom stereocenters. The molecule has 1 aliphatic heterocycles. The molecule has 0 bridgehead atoms. The van der Waals surface area contributed by atoms with Gasteiger partial charge in [-0.15, -0.1) is 0 Å². The Morgan fingerprint density at radius 2 is 1.73 bits per heavy atom. The van der Waals surface area contributed by atoms with Crippen molar-refractivity contribution in [2.75, 3.05) is 20.2 Å². The Morgan fingerprint density at radius 3 is 2.32 bits per heavy atom. The van der Waals surface area contributed by atoms with Gasteiger partial charge in [-0.1, -0.05) is 0 Å². The van der Waals surface area contributed by atoms with Gasteiger partial charge in [0.15, 0.2) is 5.75 Å². The predicted octanol–water partition coefficient (Wildman–Crippen LogP) is 4.96. The van der Waals surface area contributed by atoms with Gasteiger partial charge in [0.2, 0.25) is 17.5 Å². The van der Waals surface area contributed by atoms with Crippen molar-refractivity contribution in [1.82, 2.24) is 4.90 Å². The average Bonchev–Trinajstić information content (AvgIpc) is 2.85. The van der Waals surface area contributed by atoms with E-state index in [0.717, 1.165) is 0 Å². The minimum atomic E-state index is -0.549. The van der Waals surface area contributed by atoms with Crippen LogP contribution in [0.1, 0.15) is 33.6 Å². The first kappa shape index (κ1) is 25.8. The number of nitro benzene ring substituents is 1. The number of methoxy groups -OCH3 is 1. The minimum absolute atomic E-state index is 0.0617. The lowest BCUT2D eigenvalue weighted by molar-refractivity contribution is -0.577. The van der Waals surface area contributed by atoms with Crippen LogP contribution in [0.15, 0.2) is 48.7 Å². The van der Waals surface area contributed by atoms with Crippen LogP contribution in [0.25, 0.3) is 10.9 Å². The van der Waals surface area contributed by atoms with Gasteiger partial charge < -0.3 is 29.1 Å². The van der Waals surface area contributed by atoms with Crippen molar-refractivity contribution in [3.8, 4) is 23.0 Å². The molecular weight excluding hydrogens is 482 g/mol. The highest BCUT2D eigenvalue weighted by Crippen LogP contribution is 2.38. The number of piperidine rings is 1. The summed E-state index contributed by atoms with van der Waals surface area (Å²) < 4.78 is 23.6. The Morgan fingerprint density at radius 1 is 1.08 bits per heavy atom. The number of fused-ring (bicyclic) bond motifs is 1. The molecule has 11 heteroatoms. The summed E-state index contributed by atoms with van der Waals surface area (Å²) in [4.78, 5) is 24.4. The van der Waals surface area contributed by atoms with E-state index in [1.807, 2.05) is 20.8 Å². The average molecular weight is 512 g/mol. The van der Waals surface area contributed by atoms with Crippen molar-refractivity contribution >= 4 is 22.7 Å². The lowest BCUT2D eigenvalue weighted by Gasteiger charge is -2.33. The normalized spacial score (nSPS) is 14.3. The van der Waals surface area contributed by atoms with Crippen LogP contribution in [0.3, 0.4) is 0 Å². The second-order valence-electron chi connectivity index (χ2n) is 9.67.